The van der Waals surface area contributed by atoms with Crippen LogP contribution >= 0.6 is 0 Å². The molecular formula is C20H25NO2. The Labute approximate surface area is 138 Å². The van der Waals surface area contributed by atoms with Crippen molar-refractivity contribution in [1.82, 2.24) is 5.32 Å². The van der Waals surface area contributed by atoms with Crippen LogP contribution in [0.15, 0.2) is 48.5 Å². The summed E-state index contributed by atoms with van der Waals surface area (Å²) in [7, 11) is 0. The molecule has 0 aliphatic carbocycles. The number of benzene rings is 2. The monoisotopic (exact) mass is 311 g/mol. The Bertz CT molecular complexity index is 632. The first kappa shape index (κ1) is 17.1. The van der Waals surface area contributed by atoms with Crippen molar-refractivity contribution in [3.8, 4) is 5.75 Å². The van der Waals surface area contributed by atoms with Crippen LogP contribution in [0.4, 0.5) is 0 Å². The highest BCUT2D eigenvalue weighted by atomic mass is 16.5. The topological polar surface area (TPSA) is 38.3 Å². The third-order valence-electron chi connectivity index (χ3n) is 3.63. The molecule has 0 atom stereocenters. The van der Waals surface area contributed by atoms with E-state index in [1.807, 2.05) is 43.3 Å². The summed E-state index contributed by atoms with van der Waals surface area (Å²) in [5.41, 5.74) is 2.93. The van der Waals surface area contributed by atoms with Gasteiger partial charge in [-0.3, -0.25) is 4.79 Å². The Morgan fingerprint density at radius 3 is 2.57 bits per heavy atom. The normalized spacial score (nSPS) is 10.6. The molecule has 0 radical (unpaired) electrons. The zero-order valence-corrected chi connectivity index (χ0v) is 14.1. The van der Waals surface area contributed by atoms with E-state index in [1.54, 1.807) is 12.1 Å². The maximum absolute atomic E-state index is 12.3. The molecule has 2 rings (SSSR count). The number of aryl methyl sites for hydroxylation is 1. The standard InChI is InChI=1S/C20H25NO2/c1-15(2)11-12-23-19-6-4-5-18(13-19)20(22)21-14-17-9-7-16(3)8-10-17/h4-10,13,15H,11-12,14H2,1-3H3,(H,21,22). The minimum atomic E-state index is -0.0834. The van der Waals surface area contributed by atoms with E-state index in [0.29, 0.717) is 24.6 Å². The van der Waals surface area contributed by atoms with Crippen LogP contribution in [-0.2, 0) is 6.54 Å². The van der Waals surface area contributed by atoms with Crippen LogP contribution in [0.25, 0.3) is 0 Å². The SMILES string of the molecule is Cc1ccc(CNC(=O)c2cccc(OCCC(C)C)c2)cc1. The number of rotatable bonds is 7. The lowest BCUT2D eigenvalue weighted by Gasteiger charge is -2.10. The lowest BCUT2D eigenvalue weighted by atomic mass is 10.1. The van der Waals surface area contributed by atoms with Gasteiger partial charge in [-0.1, -0.05) is 49.7 Å². The Balaban J connectivity index is 1.90. The zero-order valence-electron chi connectivity index (χ0n) is 14.1. The summed E-state index contributed by atoms with van der Waals surface area (Å²) in [6.07, 6.45) is 1.00. The van der Waals surface area contributed by atoms with E-state index < -0.39 is 0 Å². The number of ether oxygens (including phenoxy) is 1. The molecule has 23 heavy (non-hydrogen) atoms. The smallest absolute Gasteiger partial charge is 0.251 e. The molecule has 0 saturated heterocycles. The molecule has 0 heterocycles. The van der Waals surface area contributed by atoms with Gasteiger partial charge in [0.25, 0.3) is 5.91 Å². The van der Waals surface area contributed by atoms with Crippen LogP contribution in [0.3, 0.4) is 0 Å². The van der Waals surface area contributed by atoms with Crippen molar-refractivity contribution < 1.29 is 9.53 Å². The van der Waals surface area contributed by atoms with Crippen molar-refractivity contribution in [3.63, 3.8) is 0 Å². The highest BCUT2D eigenvalue weighted by molar-refractivity contribution is 5.94. The van der Waals surface area contributed by atoms with Gasteiger partial charge in [0.15, 0.2) is 0 Å². The summed E-state index contributed by atoms with van der Waals surface area (Å²) in [4.78, 5) is 12.3. The van der Waals surface area contributed by atoms with Gasteiger partial charge >= 0.3 is 0 Å². The number of carbonyl (C=O) groups excluding carboxylic acids is 1. The van der Waals surface area contributed by atoms with Gasteiger partial charge in [0.2, 0.25) is 0 Å². The minimum absolute atomic E-state index is 0.0834. The van der Waals surface area contributed by atoms with E-state index >= 15 is 0 Å². The number of hydrogen-bond donors (Lipinski definition) is 1. The van der Waals surface area contributed by atoms with Crippen LogP contribution < -0.4 is 10.1 Å². The molecule has 0 aliphatic rings. The molecule has 0 saturated carbocycles. The number of hydrogen-bond acceptors (Lipinski definition) is 2. The van der Waals surface area contributed by atoms with E-state index in [2.05, 4.69) is 19.2 Å². The first-order valence-corrected chi connectivity index (χ1v) is 8.11. The summed E-state index contributed by atoms with van der Waals surface area (Å²) in [6.45, 7) is 7.58. The molecule has 1 amide bonds. The van der Waals surface area contributed by atoms with Crippen LogP contribution in [0.1, 0.15) is 41.8 Å². The van der Waals surface area contributed by atoms with Gasteiger partial charge in [-0.25, -0.2) is 0 Å². The van der Waals surface area contributed by atoms with Gasteiger partial charge in [-0.15, -0.1) is 0 Å². The van der Waals surface area contributed by atoms with Gasteiger partial charge in [-0.2, -0.15) is 0 Å². The fourth-order valence-corrected chi connectivity index (χ4v) is 2.13. The van der Waals surface area contributed by atoms with Crippen molar-refractivity contribution in [3.05, 3.63) is 65.2 Å². The first-order chi connectivity index (χ1) is 11.0. The van der Waals surface area contributed by atoms with Crippen LogP contribution in [0.2, 0.25) is 0 Å². The molecule has 0 aromatic heterocycles. The molecule has 2 aromatic carbocycles. The van der Waals surface area contributed by atoms with Gasteiger partial charge in [0.05, 0.1) is 6.61 Å². The average Bonchev–Trinajstić information content (AvgIpc) is 2.54. The second-order valence-electron chi connectivity index (χ2n) is 6.23. The Morgan fingerprint density at radius 1 is 1.13 bits per heavy atom. The fourth-order valence-electron chi connectivity index (χ4n) is 2.13. The second-order valence-corrected chi connectivity index (χ2v) is 6.23. The highest BCUT2D eigenvalue weighted by Crippen LogP contribution is 2.14. The number of nitrogens with one attached hydrogen (secondary N) is 1. The van der Waals surface area contributed by atoms with E-state index in [-0.39, 0.29) is 5.91 Å². The highest BCUT2D eigenvalue weighted by Gasteiger charge is 2.07. The van der Waals surface area contributed by atoms with Crippen molar-refractivity contribution in [2.24, 2.45) is 5.92 Å². The quantitative estimate of drug-likeness (QED) is 0.825. The average molecular weight is 311 g/mol. The minimum Gasteiger partial charge on any atom is -0.494 e. The number of carbonyl (C=O) groups is 1. The van der Waals surface area contributed by atoms with Crippen molar-refractivity contribution in [2.75, 3.05) is 6.61 Å². The van der Waals surface area contributed by atoms with Gasteiger partial charge in [0.1, 0.15) is 5.75 Å². The Morgan fingerprint density at radius 2 is 1.87 bits per heavy atom. The third kappa shape index (κ3) is 5.78. The Hall–Kier alpha value is -2.29. The van der Waals surface area contributed by atoms with Crippen LogP contribution in [-0.4, -0.2) is 12.5 Å². The van der Waals surface area contributed by atoms with Gasteiger partial charge in [-0.05, 0) is 43.0 Å². The largest absolute Gasteiger partial charge is 0.494 e. The van der Waals surface area contributed by atoms with Gasteiger partial charge < -0.3 is 10.1 Å². The molecule has 0 bridgehead atoms. The van der Waals surface area contributed by atoms with Crippen LogP contribution in [0, 0.1) is 12.8 Å². The maximum Gasteiger partial charge on any atom is 0.251 e. The lowest BCUT2D eigenvalue weighted by Crippen LogP contribution is -2.22. The summed E-state index contributed by atoms with van der Waals surface area (Å²) in [5.74, 6) is 1.27. The zero-order chi connectivity index (χ0) is 16.7. The first-order valence-electron chi connectivity index (χ1n) is 8.11. The molecule has 0 spiro atoms. The summed E-state index contributed by atoms with van der Waals surface area (Å²) >= 11 is 0. The molecule has 3 nitrogen and oxygen atoms in total. The number of amides is 1. The third-order valence-corrected chi connectivity index (χ3v) is 3.63. The maximum atomic E-state index is 12.3. The molecular weight excluding hydrogens is 286 g/mol. The van der Waals surface area contributed by atoms with Gasteiger partial charge in [0, 0.05) is 12.1 Å². The molecule has 0 fully saturated rings. The summed E-state index contributed by atoms with van der Waals surface area (Å²) in [6, 6.07) is 15.5. The molecule has 3 heteroatoms. The predicted molar refractivity (Wildman–Crippen MR) is 93.7 cm³/mol. The van der Waals surface area contributed by atoms with E-state index in [9.17, 15) is 4.79 Å². The van der Waals surface area contributed by atoms with Crippen molar-refractivity contribution in [1.29, 1.82) is 0 Å². The van der Waals surface area contributed by atoms with Crippen molar-refractivity contribution in [2.45, 2.75) is 33.7 Å². The molecule has 122 valence electrons. The molecule has 0 unspecified atom stereocenters. The van der Waals surface area contributed by atoms with Crippen molar-refractivity contribution >= 4 is 5.91 Å². The van der Waals surface area contributed by atoms with E-state index in [0.717, 1.165) is 17.7 Å². The Kier molecular flexibility index (Phi) is 6.21. The fraction of sp³-hybridized carbons (Fsp3) is 0.350. The molecule has 1 N–H and O–H groups in total. The predicted octanol–water partition coefficient (Wildman–Crippen LogP) is 4.35. The molecule has 2 aromatic rings. The van der Waals surface area contributed by atoms with E-state index in [4.69, 9.17) is 4.74 Å². The van der Waals surface area contributed by atoms with Crippen LogP contribution in [0.5, 0.6) is 5.75 Å². The molecule has 0 aliphatic heterocycles. The summed E-state index contributed by atoms with van der Waals surface area (Å²) in [5, 5.41) is 2.94. The second kappa shape index (κ2) is 8.37. The summed E-state index contributed by atoms with van der Waals surface area (Å²) < 4.78 is 5.70. The van der Waals surface area contributed by atoms with E-state index in [1.165, 1.54) is 5.56 Å². The lowest BCUT2D eigenvalue weighted by molar-refractivity contribution is 0.0950.